The number of hydrogen-bond donors (Lipinski definition) is 1. The van der Waals surface area contributed by atoms with Crippen molar-refractivity contribution in [3.8, 4) is 11.1 Å². The maximum Gasteiger partial charge on any atom is 0.0434 e. The van der Waals surface area contributed by atoms with E-state index in [0.717, 1.165) is 24.0 Å². The van der Waals surface area contributed by atoms with Crippen LogP contribution in [0.15, 0.2) is 36.9 Å². The third-order valence-corrected chi connectivity index (χ3v) is 2.84. The van der Waals surface area contributed by atoms with E-state index < -0.39 is 0 Å². The molecular weight excluding hydrogens is 212 g/mol. The van der Waals surface area contributed by atoms with Gasteiger partial charge in [0.2, 0.25) is 0 Å². The van der Waals surface area contributed by atoms with Crippen LogP contribution < -0.4 is 0 Å². The molecule has 0 saturated carbocycles. The molecule has 0 aromatic carbocycles. The highest BCUT2D eigenvalue weighted by Crippen LogP contribution is 2.25. The molecule has 0 aliphatic heterocycles. The van der Waals surface area contributed by atoms with E-state index >= 15 is 0 Å². The average Bonchev–Trinajstić information content (AvgIpc) is 2.37. The summed E-state index contributed by atoms with van der Waals surface area (Å²) >= 11 is 0. The highest BCUT2D eigenvalue weighted by atomic mass is 16.2. The fourth-order valence-electron chi connectivity index (χ4n) is 1.90. The second-order valence-electron chi connectivity index (χ2n) is 4.05. The van der Waals surface area contributed by atoms with Gasteiger partial charge in [0.25, 0.3) is 0 Å². The van der Waals surface area contributed by atoms with Crippen LogP contribution in [0.2, 0.25) is 0 Å². The van der Waals surface area contributed by atoms with E-state index in [1.807, 2.05) is 24.5 Å². The third kappa shape index (κ3) is 2.68. The van der Waals surface area contributed by atoms with E-state index in [1.54, 1.807) is 12.4 Å². The van der Waals surface area contributed by atoms with Gasteiger partial charge in [-0.3, -0.25) is 9.97 Å². The van der Waals surface area contributed by atoms with Crippen LogP contribution in [-0.2, 0) is 6.42 Å². The van der Waals surface area contributed by atoms with Crippen LogP contribution in [0.1, 0.15) is 17.5 Å². The summed E-state index contributed by atoms with van der Waals surface area (Å²) in [5, 5.41) is 8.92. The molecule has 0 radical (unpaired) electrons. The first kappa shape index (κ1) is 11.7. The second-order valence-corrected chi connectivity index (χ2v) is 4.05. The minimum Gasteiger partial charge on any atom is -0.396 e. The number of aromatic nitrogens is 2. The SMILES string of the molecule is Cc1ccncc1-c1cnccc1CCCO. The predicted molar refractivity (Wildman–Crippen MR) is 67.6 cm³/mol. The summed E-state index contributed by atoms with van der Waals surface area (Å²) in [7, 11) is 0. The van der Waals surface area contributed by atoms with Gasteiger partial charge in [-0.05, 0) is 43.0 Å². The van der Waals surface area contributed by atoms with E-state index in [4.69, 9.17) is 5.11 Å². The topological polar surface area (TPSA) is 46.0 Å². The molecule has 3 nitrogen and oxygen atoms in total. The molecule has 0 spiro atoms. The lowest BCUT2D eigenvalue weighted by atomic mass is 9.97. The molecule has 17 heavy (non-hydrogen) atoms. The molecule has 0 fully saturated rings. The van der Waals surface area contributed by atoms with Crippen LogP contribution >= 0.6 is 0 Å². The predicted octanol–water partition coefficient (Wildman–Crippen LogP) is 2.38. The van der Waals surface area contributed by atoms with Crippen LogP contribution in [-0.4, -0.2) is 21.7 Å². The van der Waals surface area contributed by atoms with Crippen LogP contribution in [0.4, 0.5) is 0 Å². The molecule has 88 valence electrons. The minimum absolute atomic E-state index is 0.216. The standard InChI is InChI=1S/C14H16N2O/c1-11-4-6-15-9-13(11)14-10-16-7-5-12(14)3-2-8-17/h4-7,9-10,17H,2-3,8H2,1H3. The van der Waals surface area contributed by atoms with Crippen molar-refractivity contribution in [3.63, 3.8) is 0 Å². The molecule has 0 amide bonds. The van der Waals surface area contributed by atoms with Gasteiger partial charge < -0.3 is 5.11 Å². The Morgan fingerprint density at radius 1 is 1.06 bits per heavy atom. The molecule has 0 aliphatic carbocycles. The molecule has 0 saturated heterocycles. The Bertz CT molecular complexity index is 497. The first-order valence-corrected chi connectivity index (χ1v) is 5.77. The number of rotatable bonds is 4. The van der Waals surface area contributed by atoms with Gasteiger partial charge in [0.15, 0.2) is 0 Å². The molecule has 2 aromatic rings. The number of aliphatic hydroxyl groups is 1. The van der Waals surface area contributed by atoms with Crippen molar-refractivity contribution in [2.24, 2.45) is 0 Å². The molecule has 0 atom stereocenters. The molecule has 2 aromatic heterocycles. The zero-order valence-corrected chi connectivity index (χ0v) is 9.93. The quantitative estimate of drug-likeness (QED) is 0.873. The summed E-state index contributed by atoms with van der Waals surface area (Å²) in [5.74, 6) is 0. The number of hydrogen-bond acceptors (Lipinski definition) is 3. The highest BCUT2D eigenvalue weighted by Gasteiger charge is 2.07. The van der Waals surface area contributed by atoms with Gasteiger partial charge in [-0.1, -0.05) is 0 Å². The summed E-state index contributed by atoms with van der Waals surface area (Å²) in [4.78, 5) is 8.35. The van der Waals surface area contributed by atoms with Crippen molar-refractivity contribution in [3.05, 3.63) is 48.0 Å². The summed E-state index contributed by atoms with van der Waals surface area (Å²) in [6.45, 7) is 2.29. The summed E-state index contributed by atoms with van der Waals surface area (Å²) in [6.07, 6.45) is 8.97. The van der Waals surface area contributed by atoms with Crippen molar-refractivity contribution in [1.82, 2.24) is 9.97 Å². The lowest BCUT2D eigenvalue weighted by Crippen LogP contribution is -1.95. The lowest BCUT2D eigenvalue weighted by molar-refractivity contribution is 0.288. The fraction of sp³-hybridized carbons (Fsp3) is 0.286. The van der Waals surface area contributed by atoms with Gasteiger partial charge in [-0.25, -0.2) is 0 Å². The van der Waals surface area contributed by atoms with E-state index in [1.165, 1.54) is 11.1 Å². The van der Waals surface area contributed by atoms with Crippen LogP contribution in [0.3, 0.4) is 0 Å². The Balaban J connectivity index is 2.41. The maximum absolute atomic E-state index is 8.92. The molecule has 1 N–H and O–H groups in total. The van der Waals surface area contributed by atoms with Crippen molar-refractivity contribution in [1.29, 1.82) is 0 Å². The second kappa shape index (κ2) is 5.55. The van der Waals surface area contributed by atoms with Gasteiger partial charge in [0, 0.05) is 42.5 Å². The maximum atomic E-state index is 8.92. The van der Waals surface area contributed by atoms with Crippen LogP contribution in [0, 0.1) is 6.92 Å². The molecule has 2 rings (SSSR count). The van der Waals surface area contributed by atoms with Gasteiger partial charge in [0.05, 0.1) is 0 Å². The number of aryl methyl sites for hydroxylation is 2. The Morgan fingerprint density at radius 2 is 1.76 bits per heavy atom. The van der Waals surface area contributed by atoms with Crippen molar-refractivity contribution in [2.75, 3.05) is 6.61 Å². The molecule has 0 aliphatic rings. The monoisotopic (exact) mass is 228 g/mol. The summed E-state index contributed by atoms with van der Waals surface area (Å²) < 4.78 is 0. The van der Waals surface area contributed by atoms with E-state index in [9.17, 15) is 0 Å². The zero-order chi connectivity index (χ0) is 12.1. The molecule has 3 heteroatoms. The summed E-state index contributed by atoms with van der Waals surface area (Å²) in [6, 6.07) is 4.01. The van der Waals surface area contributed by atoms with E-state index in [-0.39, 0.29) is 6.61 Å². The number of pyridine rings is 2. The normalized spacial score (nSPS) is 10.5. The average molecular weight is 228 g/mol. The molecular formula is C14H16N2O. The molecule has 0 unspecified atom stereocenters. The third-order valence-electron chi connectivity index (χ3n) is 2.84. The van der Waals surface area contributed by atoms with E-state index in [0.29, 0.717) is 0 Å². The first-order valence-electron chi connectivity index (χ1n) is 5.77. The molecule has 0 bridgehead atoms. The molecule has 2 heterocycles. The first-order chi connectivity index (χ1) is 8.33. The van der Waals surface area contributed by atoms with Crippen LogP contribution in [0.25, 0.3) is 11.1 Å². The van der Waals surface area contributed by atoms with Gasteiger partial charge >= 0.3 is 0 Å². The largest absolute Gasteiger partial charge is 0.396 e. The lowest BCUT2D eigenvalue weighted by Gasteiger charge is -2.10. The minimum atomic E-state index is 0.216. The van der Waals surface area contributed by atoms with Gasteiger partial charge in [0.1, 0.15) is 0 Å². The van der Waals surface area contributed by atoms with Crippen LogP contribution in [0.5, 0.6) is 0 Å². The highest BCUT2D eigenvalue weighted by molar-refractivity contribution is 5.68. The Morgan fingerprint density at radius 3 is 2.47 bits per heavy atom. The smallest absolute Gasteiger partial charge is 0.0434 e. The van der Waals surface area contributed by atoms with Gasteiger partial charge in [-0.2, -0.15) is 0 Å². The number of nitrogens with zero attached hydrogens (tertiary/aromatic N) is 2. The summed E-state index contributed by atoms with van der Waals surface area (Å²) in [5.41, 5.74) is 4.64. The zero-order valence-electron chi connectivity index (χ0n) is 9.93. The Kier molecular flexibility index (Phi) is 3.83. The Hall–Kier alpha value is -1.74. The number of aliphatic hydroxyl groups excluding tert-OH is 1. The van der Waals surface area contributed by atoms with Gasteiger partial charge in [-0.15, -0.1) is 0 Å². The van der Waals surface area contributed by atoms with E-state index in [2.05, 4.69) is 16.9 Å². The van der Waals surface area contributed by atoms with Crippen molar-refractivity contribution < 1.29 is 5.11 Å². The van der Waals surface area contributed by atoms with Crippen molar-refractivity contribution in [2.45, 2.75) is 19.8 Å². The van der Waals surface area contributed by atoms with Crippen molar-refractivity contribution >= 4 is 0 Å². The fourth-order valence-corrected chi connectivity index (χ4v) is 1.90. The Labute approximate surface area is 101 Å².